The summed E-state index contributed by atoms with van der Waals surface area (Å²) in [6.07, 6.45) is 6.10. The van der Waals surface area contributed by atoms with Gasteiger partial charge in [-0.3, -0.25) is 14.5 Å². The lowest BCUT2D eigenvalue weighted by Gasteiger charge is -2.08. The molecule has 0 fully saturated rings. The van der Waals surface area contributed by atoms with Crippen LogP contribution < -0.4 is 10.0 Å². The first kappa shape index (κ1) is 18.3. The summed E-state index contributed by atoms with van der Waals surface area (Å²) in [5.41, 5.74) is 1.79. The minimum Gasteiger partial charge on any atom is -0.323 e. The Labute approximate surface area is 157 Å². The number of anilines is 2. The molecule has 136 valence electrons. The van der Waals surface area contributed by atoms with Crippen LogP contribution in [0.2, 0.25) is 0 Å². The van der Waals surface area contributed by atoms with Crippen molar-refractivity contribution in [3.05, 3.63) is 90.8 Å². The Kier molecular flexibility index (Phi) is 5.63. The van der Waals surface area contributed by atoms with Crippen LogP contribution in [0.5, 0.6) is 0 Å². The minimum absolute atomic E-state index is 0.0872. The van der Waals surface area contributed by atoms with Gasteiger partial charge in [-0.1, -0.05) is 30.3 Å². The van der Waals surface area contributed by atoms with Gasteiger partial charge in [0.25, 0.3) is 10.0 Å². The van der Waals surface area contributed by atoms with Gasteiger partial charge in [0.1, 0.15) is 0 Å². The van der Waals surface area contributed by atoms with E-state index in [1.54, 1.807) is 24.4 Å². The van der Waals surface area contributed by atoms with Crippen molar-refractivity contribution in [1.29, 1.82) is 0 Å². The average Bonchev–Trinajstić information content (AvgIpc) is 2.68. The molecule has 6 nitrogen and oxygen atoms in total. The Morgan fingerprint density at radius 2 is 1.63 bits per heavy atom. The molecule has 7 heteroatoms. The molecule has 3 rings (SSSR count). The number of carbonyl (C=O) groups is 1. The van der Waals surface area contributed by atoms with Crippen LogP contribution in [0.15, 0.2) is 90.1 Å². The Balaban J connectivity index is 1.64. The van der Waals surface area contributed by atoms with Crippen LogP contribution in [0.3, 0.4) is 0 Å². The molecular weight excluding hydrogens is 362 g/mol. The second kappa shape index (κ2) is 8.29. The molecule has 1 amide bonds. The van der Waals surface area contributed by atoms with Crippen LogP contribution in [-0.4, -0.2) is 19.3 Å². The van der Waals surface area contributed by atoms with Gasteiger partial charge >= 0.3 is 0 Å². The number of nitrogens with zero attached hydrogens (tertiary/aromatic N) is 1. The summed E-state index contributed by atoms with van der Waals surface area (Å²) >= 11 is 0. The summed E-state index contributed by atoms with van der Waals surface area (Å²) in [5.74, 6) is -0.303. The van der Waals surface area contributed by atoms with Gasteiger partial charge in [0.05, 0.1) is 16.8 Å². The second-order valence-corrected chi connectivity index (χ2v) is 7.29. The predicted octanol–water partition coefficient (Wildman–Crippen LogP) is 3.53. The van der Waals surface area contributed by atoms with Crippen LogP contribution in [0.25, 0.3) is 6.08 Å². The van der Waals surface area contributed by atoms with E-state index in [1.165, 1.54) is 36.5 Å². The zero-order valence-electron chi connectivity index (χ0n) is 14.2. The number of nitrogens with one attached hydrogen (secondary N) is 2. The molecule has 0 atom stereocenters. The highest BCUT2D eigenvalue weighted by atomic mass is 32.2. The Bertz CT molecular complexity index is 1030. The van der Waals surface area contributed by atoms with Gasteiger partial charge in [-0.05, 0) is 48.0 Å². The third-order valence-electron chi connectivity index (χ3n) is 3.57. The maximum atomic E-state index is 12.4. The Morgan fingerprint density at radius 3 is 2.30 bits per heavy atom. The number of amides is 1. The normalized spacial score (nSPS) is 11.3. The van der Waals surface area contributed by atoms with Crippen molar-refractivity contribution < 1.29 is 13.2 Å². The van der Waals surface area contributed by atoms with Gasteiger partial charge in [0.15, 0.2) is 0 Å². The van der Waals surface area contributed by atoms with Gasteiger partial charge in [0, 0.05) is 18.0 Å². The van der Waals surface area contributed by atoms with Crippen LogP contribution in [0, 0.1) is 0 Å². The molecule has 1 heterocycles. The molecule has 1 aromatic heterocycles. The summed E-state index contributed by atoms with van der Waals surface area (Å²) in [6, 6.07) is 18.6. The molecule has 0 spiro atoms. The molecule has 0 saturated heterocycles. The monoisotopic (exact) mass is 379 g/mol. The van der Waals surface area contributed by atoms with Crippen molar-refractivity contribution in [1.82, 2.24) is 4.98 Å². The molecule has 0 aliphatic carbocycles. The number of aromatic nitrogens is 1. The third-order valence-corrected chi connectivity index (χ3v) is 4.97. The van der Waals surface area contributed by atoms with Gasteiger partial charge < -0.3 is 5.32 Å². The van der Waals surface area contributed by atoms with Crippen molar-refractivity contribution in [2.24, 2.45) is 0 Å². The lowest BCUT2D eigenvalue weighted by molar-refractivity contribution is -0.111. The van der Waals surface area contributed by atoms with E-state index < -0.39 is 10.0 Å². The number of benzene rings is 2. The second-order valence-electron chi connectivity index (χ2n) is 5.60. The molecule has 0 radical (unpaired) electrons. The first-order chi connectivity index (χ1) is 13.0. The minimum atomic E-state index is -3.72. The van der Waals surface area contributed by atoms with E-state index in [1.807, 2.05) is 30.3 Å². The average molecular weight is 379 g/mol. The quantitative estimate of drug-likeness (QED) is 0.641. The van der Waals surface area contributed by atoms with Crippen LogP contribution in [0.4, 0.5) is 11.4 Å². The van der Waals surface area contributed by atoms with Crippen LogP contribution in [0.1, 0.15) is 5.56 Å². The summed E-state index contributed by atoms with van der Waals surface area (Å²) in [4.78, 5) is 15.9. The predicted molar refractivity (Wildman–Crippen MR) is 106 cm³/mol. The first-order valence-corrected chi connectivity index (χ1v) is 9.58. The number of carbonyl (C=O) groups excluding carboxylic acids is 1. The number of sulfonamides is 1. The summed E-state index contributed by atoms with van der Waals surface area (Å²) in [7, 11) is -3.72. The lowest BCUT2D eigenvalue weighted by Crippen LogP contribution is -2.13. The van der Waals surface area contributed by atoms with Gasteiger partial charge in [-0.25, -0.2) is 8.42 Å². The van der Waals surface area contributed by atoms with Crippen molar-refractivity contribution in [3.63, 3.8) is 0 Å². The summed E-state index contributed by atoms with van der Waals surface area (Å²) in [6.45, 7) is 0. The molecule has 2 aromatic carbocycles. The van der Waals surface area contributed by atoms with E-state index in [0.717, 1.165) is 5.56 Å². The Hall–Kier alpha value is -3.45. The van der Waals surface area contributed by atoms with E-state index in [4.69, 9.17) is 0 Å². The highest BCUT2D eigenvalue weighted by molar-refractivity contribution is 7.92. The topological polar surface area (TPSA) is 88.2 Å². The van der Waals surface area contributed by atoms with Gasteiger partial charge in [-0.15, -0.1) is 0 Å². The fourth-order valence-corrected chi connectivity index (χ4v) is 3.32. The molecular formula is C20H17N3O3S. The standard InChI is InChI=1S/C20H17N3O3S/c24-20(13-8-16-5-2-1-3-6-16)22-17-9-11-19(12-10-17)27(25,26)23-18-7-4-14-21-15-18/h1-15,23H,(H,22,24)/b13-8+. The van der Waals surface area contributed by atoms with Crippen LogP contribution in [-0.2, 0) is 14.8 Å². The molecule has 0 unspecified atom stereocenters. The lowest BCUT2D eigenvalue weighted by atomic mass is 10.2. The number of pyridine rings is 1. The van der Waals surface area contributed by atoms with E-state index in [2.05, 4.69) is 15.0 Å². The summed E-state index contributed by atoms with van der Waals surface area (Å²) in [5, 5.41) is 2.69. The molecule has 0 bridgehead atoms. The maximum absolute atomic E-state index is 12.4. The van der Waals surface area contributed by atoms with E-state index in [9.17, 15) is 13.2 Å². The van der Waals surface area contributed by atoms with Gasteiger partial charge in [-0.2, -0.15) is 0 Å². The molecule has 2 N–H and O–H groups in total. The highest BCUT2D eigenvalue weighted by Crippen LogP contribution is 2.17. The van der Waals surface area contributed by atoms with Crippen LogP contribution >= 0.6 is 0 Å². The first-order valence-electron chi connectivity index (χ1n) is 8.10. The number of hydrogen-bond acceptors (Lipinski definition) is 4. The number of rotatable bonds is 6. The van der Waals surface area contributed by atoms with Crippen molar-refractivity contribution >= 4 is 33.4 Å². The molecule has 3 aromatic rings. The fourth-order valence-electron chi connectivity index (χ4n) is 2.27. The van der Waals surface area contributed by atoms with Crippen molar-refractivity contribution in [3.8, 4) is 0 Å². The number of hydrogen-bond donors (Lipinski definition) is 2. The zero-order valence-corrected chi connectivity index (χ0v) is 15.1. The maximum Gasteiger partial charge on any atom is 0.261 e. The molecule has 0 aliphatic heterocycles. The van der Waals surface area contributed by atoms with Crippen molar-refractivity contribution in [2.75, 3.05) is 10.0 Å². The third kappa shape index (κ3) is 5.26. The molecule has 27 heavy (non-hydrogen) atoms. The largest absolute Gasteiger partial charge is 0.323 e. The Morgan fingerprint density at radius 1 is 0.889 bits per heavy atom. The fraction of sp³-hybridized carbons (Fsp3) is 0. The molecule has 0 aliphatic rings. The van der Waals surface area contributed by atoms with E-state index in [0.29, 0.717) is 11.4 Å². The summed E-state index contributed by atoms with van der Waals surface area (Å²) < 4.78 is 27.2. The SMILES string of the molecule is O=C(/C=C/c1ccccc1)Nc1ccc(S(=O)(=O)Nc2cccnc2)cc1. The van der Waals surface area contributed by atoms with Crippen molar-refractivity contribution in [2.45, 2.75) is 4.90 Å². The molecule has 0 saturated carbocycles. The van der Waals surface area contributed by atoms with Gasteiger partial charge in [0.2, 0.25) is 5.91 Å². The zero-order chi connectivity index (χ0) is 19.1. The highest BCUT2D eigenvalue weighted by Gasteiger charge is 2.14. The van der Waals surface area contributed by atoms with E-state index in [-0.39, 0.29) is 10.8 Å². The van der Waals surface area contributed by atoms with E-state index >= 15 is 0 Å². The smallest absolute Gasteiger partial charge is 0.261 e.